The van der Waals surface area contributed by atoms with E-state index in [0.29, 0.717) is 24.0 Å². The lowest BCUT2D eigenvalue weighted by molar-refractivity contribution is -0.384. The van der Waals surface area contributed by atoms with Crippen LogP contribution in [0.5, 0.6) is 0 Å². The van der Waals surface area contributed by atoms with Gasteiger partial charge in [-0.25, -0.2) is 19.7 Å². The third kappa shape index (κ3) is 6.41. The molecule has 3 atom stereocenters. The Morgan fingerprint density at radius 3 is 2.62 bits per heavy atom. The number of nitrogens with one attached hydrogen (secondary N) is 1. The standard InChI is InChI=1S/C25H34N6O7Si/c1-25(2,3)39(4,5)38-19-12-18(13-32)37-23(19)30-15-28-20-21(26-14-27-22(20)30)29-24(33)36-11-10-16-6-8-17(9-7-16)31(34)35/h6-9,14-15,18-19,23,32H,10-13H2,1-5H3,(H,26,27,29,33)/t18-,19+,23+/m0/s1. The van der Waals surface area contributed by atoms with E-state index in [1.807, 2.05) is 0 Å². The molecule has 0 unspecified atom stereocenters. The van der Waals surface area contributed by atoms with Gasteiger partial charge in [-0.15, -0.1) is 0 Å². The second kappa shape index (κ2) is 11.3. The molecule has 1 aromatic carbocycles. The predicted octanol–water partition coefficient (Wildman–Crippen LogP) is 4.20. The SMILES string of the molecule is CC(C)(C)[Si](C)(C)O[C@@H]1C[C@@H](CO)O[C@H]1n1cnc2c(NC(=O)OCCc3ccc([N+](=O)[O-])cc3)ncnc21. The maximum absolute atomic E-state index is 12.5. The monoisotopic (exact) mass is 558 g/mol. The number of imidazole rings is 1. The number of aliphatic hydroxyl groups is 1. The molecule has 13 nitrogen and oxygen atoms in total. The third-order valence-corrected chi connectivity index (χ3v) is 11.7. The minimum atomic E-state index is -2.14. The number of nitro groups is 1. The van der Waals surface area contributed by atoms with E-state index in [0.717, 1.165) is 5.56 Å². The highest BCUT2D eigenvalue weighted by Gasteiger charge is 2.45. The summed E-state index contributed by atoms with van der Waals surface area (Å²) in [5.41, 5.74) is 1.59. The normalized spacial score (nSPS) is 19.8. The van der Waals surface area contributed by atoms with Crippen molar-refractivity contribution >= 4 is 37.1 Å². The van der Waals surface area contributed by atoms with Crippen LogP contribution in [0.3, 0.4) is 0 Å². The van der Waals surface area contributed by atoms with Gasteiger partial charge in [0.15, 0.2) is 31.5 Å². The number of anilines is 1. The number of amides is 1. The molecule has 1 fully saturated rings. The summed E-state index contributed by atoms with van der Waals surface area (Å²) in [4.78, 5) is 35.7. The largest absolute Gasteiger partial charge is 0.449 e. The number of rotatable bonds is 9. The molecule has 0 saturated carbocycles. The van der Waals surface area contributed by atoms with Crippen LogP contribution in [0.2, 0.25) is 18.1 Å². The number of aromatic nitrogens is 4. The van der Waals surface area contributed by atoms with Crippen LogP contribution in [0.4, 0.5) is 16.3 Å². The lowest BCUT2D eigenvalue weighted by Gasteiger charge is -2.39. The summed E-state index contributed by atoms with van der Waals surface area (Å²) in [5.74, 6) is 0.178. The van der Waals surface area contributed by atoms with Gasteiger partial charge in [-0.3, -0.25) is 20.0 Å². The van der Waals surface area contributed by atoms with Crippen molar-refractivity contribution in [1.29, 1.82) is 0 Å². The molecule has 14 heteroatoms. The molecule has 1 amide bonds. The minimum Gasteiger partial charge on any atom is -0.449 e. The fourth-order valence-corrected chi connectivity index (χ4v) is 5.37. The van der Waals surface area contributed by atoms with Crippen LogP contribution in [0.1, 0.15) is 39.0 Å². The van der Waals surface area contributed by atoms with Crippen molar-refractivity contribution in [2.75, 3.05) is 18.5 Å². The number of nitrogens with zero attached hydrogens (tertiary/aromatic N) is 5. The van der Waals surface area contributed by atoms with Gasteiger partial charge >= 0.3 is 6.09 Å². The maximum atomic E-state index is 12.5. The van der Waals surface area contributed by atoms with Gasteiger partial charge in [0.2, 0.25) is 0 Å². The molecule has 4 rings (SSSR count). The molecule has 1 saturated heterocycles. The van der Waals surface area contributed by atoms with E-state index < -0.39 is 25.6 Å². The summed E-state index contributed by atoms with van der Waals surface area (Å²) in [5, 5.41) is 23.2. The van der Waals surface area contributed by atoms with Crippen molar-refractivity contribution in [2.45, 2.75) is 70.2 Å². The number of hydrogen-bond donors (Lipinski definition) is 2. The number of carbonyl (C=O) groups excluding carboxylic acids is 1. The Bertz CT molecular complexity index is 1320. The van der Waals surface area contributed by atoms with Crippen LogP contribution in [0.25, 0.3) is 11.2 Å². The van der Waals surface area contributed by atoms with Gasteiger partial charge in [0.05, 0.1) is 36.7 Å². The molecule has 1 aliphatic heterocycles. The predicted molar refractivity (Wildman–Crippen MR) is 145 cm³/mol. The van der Waals surface area contributed by atoms with Gasteiger partial charge in [0.25, 0.3) is 5.69 Å². The average Bonchev–Trinajstić information content (AvgIpc) is 3.47. The molecule has 0 aliphatic carbocycles. The van der Waals surface area contributed by atoms with Gasteiger partial charge in [0.1, 0.15) is 6.33 Å². The Morgan fingerprint density at radius 1 is 1.26 bits per heavy atom. The lowest BCUT2D eigenvalue weighted by Crippen LogP contribution is -2.45. The van der Waals surface area contributed by atoms with E-state index in [1.165, 1.54) is 18.5 Å². The fraction of sp³-hybridized carbons (Fsp3) is 0.520. The van der Waals surface area contributed by atoms with E-state index in [4.69, 9.17) is 13.9 Å². The van der Waals surface area contributed by atoms with Crippen LogP contribution in [-0.4, -0.2) is 69.4 Å². The zero-order valence-corrected chi connectivity index (χ0v) is 23.7. The van der Waals surface area contributed by atoms with Crippen LogP contribution in [-0.2, 0) is 20.3 Å². The van der Waals surface area contributed by atoms with Gasteiger partial charge < -0.3 is 19.0 Å². The van der Waals surface area contributed by atoms with E-state index >= 15 is 0 Å². The van der Waals surface area contributed by atoms with E-state index in [2.05, 4.69) is 54.1 Å². The highest BCUT2D eigenvalue weighted by atomic mass is 28.4. The van der Waals surface area contributed by atoms with Crippen molar-refractivity contribution in [3.05, 3.63) is 52.6 Å². The average molecular weight is 559 g/mol. The van der Waals surface area contributed by atoms with Crippen LogP contribution < -0.4 is 5.32 Å². The van der Waals surface area contributed by atoms with Crippen molar-refractivity contribution < 1.29 is 28.7 Å². The molecule has 3 heterocycles. The highest BCUT2D eigenvalue weighted by Crippen LogP contribution is 2.42. The third-order valence-electron chi connectivity index (χ3n) is 7.23. The second-order valence-electron chi connectivity index (χ2n) is 11.0. The van der Waals surface area contributed by atoms with Gasteiger partial charge in [-0.2, -0.15) is 0 Å². The van der Waals surface area contributed by atoms with Crippen LogP contribution in [0, 0.1) is 10.1 Å². The van der Waals surface area contributed by atoms with Crippen molar-refractivity contribution in [2.24, 2.45) is 0 Å². The van der Waals surface area contributed by atoms with E-state index in [-0.39, 0.29) is 42.0 Å². The summed E-state index contributed by atoms with van der Waals surface area (Å²) in [6.07, 6.45) is 1.83. The zero-order chi connectivity index (χ0) is 28.4. The first-order chi connectivity index (χ1) is 18.4. The minimum absolute atomic E-state index is 0.00242. The summed E-state index contributed by atoms with van der Waals surface area (Å²) in [6.45, 7) is 10.8. The molecule has 0 bridgehead atoms. The first kappa shape index (κ1) is 28.5. The van der Waals surface area contributed by atoms with E-state index in [9.17, 15) is 20.0 Å². The molecule has 0 radical (unpaired) electrons. The van der Waals surface area contributed by atoms with Crippen molar-refractivity contribution in [1.82, 2.24) is 19.5 Å². The van der Waals surface area contributed by atoms with Crippen LogP contribution >= 0.6 is 0 Å². The molecule has 210 valence electrons. The summed E-state index contributed by atoms with van der Waals surface area (Å²) < 4.78 is 19.8. The topological polar surface area (TPSA) is 164 Å². The Morgan fingerprint density at radius 2 is 1.97 bits per heavy atom. The summed E-state index contributed by atoms with van der Waals surface area (Å²) in [6, 6.07) is 6.05. The highest BCUT2D eigenvalue weighted by molar-refractivity contribution is 6.74. The maximum Gasteiger partial charge on any atom is 0.412 e. The molecule has 1 aliphatic rings. The number of aliphatic hydroxyl groups excluding tert-OH is 1. The number of nitro benzene ring substituents is 1. The Kier molecular flexibility index (Phi) is 8.30. The molecule has 2 N–H and O–H groups in total. The number of hydrogen-bond acceptors (Lipinski definition) is 10. The van der Waals surface area contributed by atoms with Gasteiger partial charge in [-0.1, -0.05) is 32.9 Å². The first-order valence-corrected chi connectivity index (χ1v) is 15.6. The fourth-order valence-electron chi connectivity index (χ4n) is 4.05. The second-order valence-corrected chi connectivity index (χ2v) is 15.7. The molecule has 2 aromatic heterocycles. The zero-order valence-electron chi connectivity index (χ0n) is 22.7. The van der Waals surface area contributed by atoms with E-state index in [1.54, 1.807) is 23.0 Å². The first-order valence-electron chi connectivity index (χ1n) is 12.7. The molecular weight excluding hydrogens is 524 g/mol. The van der Waals surface area contributed by atoms with Gasteiger partial charge in [-0.05, 0) is 23.7 Å². The Hall–Kier alpha value is -3.46. The van der Waals surface area contributed by atoms with Crippen molar-refractivity contribution in [3.8, 4) is 0 Å². The quantitative estimate of drug-likeness (QED) is 0.221. The Labute approximate surface area is 226 Å². The smallest absolute Gasteiger partial charge is 0.412 e. The number of fused-ring (bicyclic) bond motifs is 1. The number of carbonyl (C=O) groups is 1. The molecular formula is C25H34N6O7Si. The van der Waals surface area contributed by atoms with Crippen LogP contribution in [0.15, 0.2) is 36.9 Å². The number of benzene rings is 1. The number of non-ortho nitro benzene ring substituents is 1. The summed E-state index contributed by atoms with van der Waals surface area (Å²) in [7, 11) is -2.14. The van der Waals surface area contributed by atoms with Crippen molar-refractivity contribution in [3.63, 3.8) is 0 Å². The molecule has 3 aromatic rings. The molecule has 39 heavy (non-hydrogen) atoms. The van der Waals surface area contributed by atoms with Gasteiger partial charge in [0, 0.05) is 25.0 Å². The Balaban J connectivity index is 1.45. The molecule has 0 spiro atoms. The summed E-state index contributed by atoms with van der Waals surface area (Å²) >= 11 is 0. The lowest BCUT2D eigenvalue weighted by atomic mass is 10.1. The number of ether oxygens (including phenoxy) is 2.